The number of fused-ring (bicyclic) bond motifs is 1. The van der Waals surface area contributed by atoms with Gasteiger partial charge in [0.2, 0.25) is 0 Å². The monoisotopic (exact) mass is 489 g/mol. The van der Waals surface area contributed by atoms with E-state index < -0.39 is 5.54 Å². The van der Waals surface area contributed by atoms with Crippen molar-refractivity contribution in [1.82, 2.24) is 14.9 Å². The molecule has 3 aromatic carbocycles. The maximum Gasteiger partial charge on any atom is 0.251 e. The van der Waals surface area contributed by atoms with Gasteiger partial charge in [-0.1, -0.05) is 53.9 Å². The second kappa shape index (κ2) is 9.47. The molecule has 1 atom stereocenters. The van der Waals surface area contributed by atoms with Gasteiger partial charge in [-0.2, -0.15) is 0 Å². The second-order valence-corrected chi connectivity index (χ2v) is 9.10. The number of halogens is 1. The molecule has 0 saturated carbocycles. The van der Waals surface area contributed by atoms with Crippen molar-refractivity contribution in [3.8, 4) is 23.5 Å². The van der Waals surface area contributed by atoms with Crippen LogP contribution < -0.4 is 10.9 Å². The SMILES string of the molecule is C#Cc1cccc(-c2cc(=O)n(C)c3ccc([C@](NC)(c4ccc(Cl)cc4)c4cccnc4)cc23)c1. The molecule has 5 aromatic rings. The topological polar surface area (TPSA) is 46.9 Å². The highest BCUT2D eigenvalue weighted by Crippen LogP contribution is 2.39. The molecular formula is C31H24ClN3O. The molecule has 4 nitrogen and oxygen atoms in total. The maximum absolute atomic E-state index is 12.9. The molecule has 0 saturated heterocycles. The summed E-state index contributed by atoms with van der Waals surface area (Å²) in [5, 5.41) is 5.19. The van der Waals surface area contributed by atoms with Crippen molar-refractivity contribution in [2.45, 2.75) is 5.54 Å². The van der Waals surface area contributed by atoms with Crippen LogP contribution in [-0.4, -0.2) is 16.6 Å². The fourth-order valence-electron chi connectivity index (χ4n) is 4.93. The normalized spacial score (nSPS) is 12.7. The minimum atomic E-state index is -0.709. The highest BCUT2D eigenvalue weighted by Gasteiger charge is 2.35. The van der Waals surface area contributed by atoms with E-state index in [0.717, 1.165) is 44.3 Å². The molecule has 36 heavy (non-hydrogen) atoms. The van der Waals surface area contributed by atoms with Gasteiger partial charge >= 0.3 is 0 Å². The first kappa shape index (κ1) is 23.6. The summed E-state index contributed by atoms with van der Waals surface area (Å²) in [4.78, 5) is 17.3. The Morgan fingerprint density at radius 2 is 1.72 bits per heavy atom. The first-order valence-corrected chi connectivity index (χ1v) is 11.9. The third-order valence-electron chi connectivity index (χ3n) is 6.77. The Balaban J connectivity index is 1.86. The van der Waals surface area contributed by atoms with Gasteiger partial charge < -0.3 is 9.88 Å². The number of rotatable bonds is 5. The Morgan fingerprint density at radius 3 is 2.42 bits per heavy atom. The Hall–Kier alpha value is -4.17. The van der Waals surface area contributed by atoms with Crippen LogP contribution in [0.3, 0.4) is 0 Å². The number of pyridine rings is 2. The lowest BCUT2D eigenvalue weighted by Crippen LogP contribution is -2.42. The van der Waals surface area contributed by atoms with Crippen LogP contribution in [-0.2, 0) is 12.6 Å². The van der Waals surface area contributed by atoms with Crippen LogP contribution in [0.1, 0.15) is 22.3 Å². The van der Waals surface area contributed by atoms with Crippen LogP contribution in [0.5, 0.6) is 0 Å². The predicted octanol–water partition coefficient (Wildman–Crippen LogP) is 5.75. The van der Waals surface area contributed by atoms with Crippen molar-refractivity contribution in [1.29, 1.82) is 0 Å². The molecule has 0 amide bonds. The van der Waals surface area contributed by atoms with Crippen molar-refractivity contribution >= 4 is 22.5 Å². The lowest BCUT2D eigenvalue weighted by molar-refractivity contribution is 0.524. The molecule has 1 N–H and O–H groups in total. The molecule has 0 radical (unpaired) electrons. The molecule has 0 bridgehead atoms. The van der Waals surface area contributed by atoms with Crippen molar-refractivity contribution in [2.75, 3.05) is 7.05 Å². The summed E-state index contributed by atoms with van der Waals surface area (Å²) in [6.45, 7) is 0. The van der Waals surface area contributed by atoms with Gasteiger partial charge in [-0.15, -0.1) is 6.42 Å². The van der Waals surface area contributed by atoms with E-state index in [1.54, 1.807) is 23.9 Å². The molecule has 176 valence electrons. The molecule has 0 unspecified atom stereocenters. The fourth-order valence-corrected chi connectivity index (χ4v) is 5.05. The first-order valence-electron chi connectivity index (χ1n) is 11.5. The quantitative estimate of drug-likeness (QED) is 0.320. The highest BCUT2D eigenvalue weighted by molar-refractivity contribution is 6.30. The average Bonchev–Trinajstić information content (AvgIpc) is 2.93. The van der Waals surface area contributed by atoms with Gasteiger partial charge in [0.05, 0.1) is 11.1 Å². The minimum Gasteiger partial charge on any atom is -0.311 e. The number of terminal acetylenes is 1. The Labute approximate surface area is 215 Å². The first-order chi connectivity index (χ1) is 17.5. The smallest absolute Gasteiger partial charge is 0.251 e. The van der Waals surface area contributed by atoms with Gasteiger partial charge in [-0.05, 0) is 77.3 Å². The second-order valence-electron chi connectivity index (χ2n) is 8.66. The number of nitrogens with zero attached hydrogens (tertiary/aromatic N) is 2. The number of aryl methyl sites for hydroxylation is 1. The van der Waals surface area contributed by atoms with Gasteiger partial charge in [0.25, 0.3) is 5.56 Å². The maximum atomic E-state index is 12.9. The standard InChI is InChI=1S/C31H24ClN3O/c1-4-21-7-5-8-22(17-21)27-19-30(36)35(3)29-15-12-24(18-28(27)29)31(33-2,25-9-6-16-34-20-25)23-10-13-26(32)14-11-23/h1,5-20,33H,2-3H3/t31-/m1/s1. The molecule has 0 aliphatic heterocycles. The number of hydrogen-bond donors (Lipinski definition) is 1. The predicted molar refractivity (Wildman–Crippen MR) is 147 cm³/mol. The molecule has 0 aliphatic rings. The van der Waals surface area contributed by atoms with Crippen LogP contribution in [0.4, 0.5) is 0 Å². The van der Waals surface area contributed by atoms with Gasteiger partial charge in [-0.3, -0.25) is 9.78 Å². The largest absolute Gasteiger partial charge is 0.311 e. The van der Waals surface area contributed by atoms with E-state index in [0.29, 0.717) is 5.02 Å². The minimum absolute atomic E-state index is 0.0822. The summed E-state index contributed by atoms with van der Waals surface area (Å²) in [6.07, 6.45) is 9.29. The zero-order chi connectivity index (χ0) is 25.3. The van der Waals surface area contributed by atoms with Crippen molar-refractivity contribution in [2.24, 2.45) is 7.05 Å². The molecular weight excluding hydrogens is 466 g/mol. The summed E-state index contributed by atoms with van der Waals surface area (Å²) in [6, 6.07) is 27.4. The van der Waals surface area contributed by atoms with Gasteiger partial charge in [-0.25, -0.2) is 0 Å². The Bertz CT molecular complexity index is 1670. The van der Waals surface area contributed by atoms with Crippen LogP contribution in [0, 0.1) is 12.3 Å². The molecule has 2 aromatic heterocycles. The van der Waals surface area contributed by atoms with E-state index in [-0.39, 0.29) is 5.56 Å². The van der Waals surface area contributed by atoms with E-state index >= 15 is 0 Å². The van der Waals surface area contributed by atoms with Crippen LogP contribution in [0.2, 0.25) is 5.02 Å². The lowest BCUT2D eigenvalue weighted by atomic mass is 9.77. The van der Waals surface area contributed by atoms with E-state index in [2.05, 4.69) is 34.4 Å². The van der Waals surface area contributed by atoms with E-state index in [1.807, 2.05) is 73.9 Å². The fraction of sp³-hybridized carbons (Fsp3) is 0.0968. The molecule has 0 spiro atoms. The molecule has 0 fully saturated rings. The van der Waals surface area contributed by atoms with Crippen molar-refractivity contribution in [3.63, 3.8) is 0 Å². The molecule has 5 heteroatoms. The number of aromatic nitrogens is 2. The van der Waals surface area contributed by atoms with Crippen molar-refractivity contribution in [3.05, 3.63) is 135 Å². The number of benzene rings is 3. The van der Waals surface area contributed by atoms with Gasteiger partial charge in [0.1, 0.15) is 0 Å². The summed E-state index contributed by atoms with van der Waals surface area (Å²) in [5.74, 6) is 2.69. The van der Waals surface area contributed by atoms with Crippen LogP contribution >= 0.6 is 11.6 Å². The zero-order valence-corrected chi connectivity index (χ0v) is 20.8. The van der Waals surface area contributed by atoms with Crippen LogP contribution in [0.25, 0.3) is 22.0 Å². The summed E-state index contributed by atoms with van der Waals surface area (Å²) in [7, 11) is 3.72. The molecule has 2 heterocycles. The van der Waals surface area contributed by atoms with E-state index in [1.165, 1.54) is 0 Å². The van der Waals surface area contributed by atoms with Crippen molar-refractivity contribution < 1.29 is 0 Å². The Kier molecular flexibility index (Phi) is 6.20. The number of nitrogens with one attached hydrogen (secondary N) is 1. The summed E-state index contributed by atoms with van der Waals surface area (Å²) in [5.41, 5.74) is 5.53. The average molecular weight is 490 g/mol. The summed E-state index contributed by atoms with van der Waals surface area (Å²) < 4.78 is 1.67. The lowest BCUT2D eigenvalue weighted by Gasteiger charge is -2.35. The van der Waals surface area contributed by atoms with Crippen LogP contribution in [0.15, 0.2) is 102 Å². The third-order valence-corrected chi connectivity index (χ3v) is 7.02. The highest BCUT2D eigenvalue weighted by atomic mass is 35.5. The summed E-state index contributed by atoms with van der Waals surface area (Å²) >= 11 is 6.24. The van der Waals surface area contributed by atoms with Gasteiger partial charge in [0.15, 0.2) is 0 Å². The zero-order valence-electron chi connectivity index (χ0n) is 20.0. The molecule has 5 rings (SSSR count). The van der Waals surface area contributed by atoms with E-state index in [4.69, 9.17) is 18.0 Å². The Morgan fingerprint density at radius 1 is 0.944 bits per heavy atom. The van der Waals surface area contributed by atoms with Gasteiger partial charge in [0, 0.05) is 41.5 Å². The number of hydrogen-bond acceptors (Lipinski definition) is 3. The third kappa shape index (κ3) is 3.89. The van der Waals surface area contributed by atoms with E-state index in [9.17, 15) is 4.79 Å². The molecule has 0 aliphatic carbocycles.